The van der Waals surface area contributed by atoms with Crippen LogP contribution in [0, 0.1) is 10.5 Å². The summed E-state index contributed by atoms with van der Waals surface area (Å²) in [6.07, 6.45) is 10.0. The molecule has 2 aromatic heterocycles. The number of nitrogens with zero attached hydrogens (tertiary/aromatic N) is 4. The van der Waals surface area contributed by atoms with E-state index in [4.69, 9.17) is 0 Å². The van der Waals surface area contributed by atoms with Crippen LogP contribution < -0.4 is 5.56 Å². The summed E-state index contributed by atoms with van der Waals surface area (Å²) >= 11 is 2.06. The zero-order chi connectivity index (χ0) is 14.8. The molecular formula is C15H19IN4O. The van der Waals surface area contributed by atoms with Crippen molar-refractivity contribution in [3.05, 3.63) is 43.9 Å². The third kappa shape index (κ3) is 3.20. The Labute approximate surface area is 137 Å². The molecule has 0 aliphatic heterocycles. The van der Waals surface area contributed by atoms with Crippen LogP contribution in [0.4, 0.5) is 0 Å². The Morgan fingerprint density at radius 2 is 2.10 bits per heavy atom. The minimum Gasteiger partial charge on any atom is -0.292 e. The largest absolute Gasteiger partial charge is 0.292 e. The Morgan fingerprint density at radius 1 is 1.33 bits per heavy atom. The van der Waals surface area contributed by atoms with Crippen LogP contribution >= 0.6 is 22.6 Å². The number of hydrogen-bond donors (Lipinski definition) is 0. The standard InChI is InChI=1S/C15H19IN4O/c1-11-14(16)15(21)19(10-17-11)9-12-7-8-20(18-12)13-5-3-2-4-6-13/h7-8,10,13H,2-6,9H2,1H3. The molecule has 0 spiro atoms. The van der Waals surface area contributed by atoms with Crippen LogP contribution in [0.1, 0.15) is 49.5 Å². The van der Waals surface area contributed by atoms with Crippen LogP contribution in [-0.2, 0) is 6.54 Å². The summed E-state index contributed by atoms with van der Waals surface area (Å²) in [7, 11) is 0. The summed E-state index contributed by atoms with van der Waals surface area (Å²) in [6, 6.07) is 2.54. The molecule has 5 nitrogen and oxygen atoms in total. The minimum atomic E-state index is 0.00955. The second-order valence-corrected chi connectivity index (χ2v) is 6.73. The third-order valence-electron chi connectivity index (χ3n) is 4.10. The molecule has 2 aromatic rings. The molecule has 0 amide bonds. The predicted molar refractivity (Wildman–Crippen MR) is 89.4 cm³/mol. The Morgan fingerprint density at radius 3 is 2.86 bits per heavy atom. The number of aryl methyl sites for hydroxylation is 1. The van der Waals surface area contributed by atoms with Crippen molar-refractivity contribution < 1.29 is 0 Å². The maximum Gasteiger partial charge on any atom is 0.267 e. The summed E-state index contributed by atoms with van der Waals surface area (Å²) in [4.78, 5) is 16.4. The van der Waals surface area contributed by atoms with Crippen LogP contribution in [0.15, 0.2) is 23.4 Å². The molecule has 0 unspecified atom stereocenters. The molecule has 21 heavy (non-hydrogen) atoms. The number of hydrogen-bond acceptors (Lipinski definition) is 3. The van der Waals surface area contributed by atoms with Crippen LogP contribution in [0.5, 0.6) is 0 Å². The average Bonchev–Trinajstić information content (AvgIpc) is 2.97. The van der Waals surface area contributed by atoms with Crippen molar-refractivity contribution in [3.63, 3.8) is 0 Å². The minimum absolute atomic E-state index is 0.00955. The van der Waals surface area contributed by atoms with Crippen molar-refractivity contribution in [2.75, 3.05) is 0 Å². The molecule has 6 heteroatoms. The molecule has 2 heterocycles. The van der Waals surface area contributed by atoms with E-state index in [9.17, 15) is 4.79 Å². The molecule has 3 rings (SSSR count). The van der Waals surface area contributed by atoms with Gasteiger partial charge in [0, 0.05) is 6.20 Å². The first-order valence-corrected chi connectivity index (χ1v) is 8.48. The number of rotatable bonds is 3. The lowest BCUT2D eigenvalue weighted by atomic mass is 9.96. The zero-order valence-electron chi connectivity index (χ0n) is 12.1. The van der Waals surface area contributed by atoms with Crippen LogP contribution in [0.2, 0.25) is 0 Å². The maximum atomic E-state index is 12.2. The molecule has 1 aliphatic carbocycles. The smallest absolute Gasteiger partial charge is 0.267 e. The van der Waals surface area contributed by atoms with Crippen LogP contribution in [0.25, 0.3) is 0 Å². The van der Waals surface area contributed by atoms with E-state index in [0.29, 0.717) is 16.2 Å². The second kappa shape index (κ2) is 6.29. The van der Waals surface area contributed by atoms with Crippen molar-refractivity contribution in [2.24, 2.45) is 0 Å². The molecule has 0 radical (unpaired) electrons. The molecule has 1 aliphatic rings. The molecule has 0 saturated heterocycles. The van der Waals surface area contributed by atoms with Gasteiger partial charge in [-0.15, -0.1) is 0 Å². The second-order valence-electron chi connectivity index (χ2n) is 5.66. The lowest BCUT2D eigenvalue weighted by Gasteiger charge is -2.21. The molecule has 0 atom stereocenters. The van der Waals surface area contributed by atoms with Crippen molar-refractivity contribution in [1.29, 1.82) is 0 Å². The molecule has 1 saturated carbocycles. The molecule has 1 fully saturated rings. The summed E-state index contributed by atoms with van der Waals surface area (Å²) in [6.45, 7) is 2.34. The zero-order valence-corrected chi connectivity index (χ0v) is 14.3. The molecular weight excluding hydrogens is 379 g/mol. The van der Waals surface area contributed by atoms with Gasteiger partial charge < -0.3 is 0 Å². The maximum absolute atomic E-state index is 12.2. The molecule has 0 aromatic carbocycles. The summed E-state index contributed by atoms with van der Waals surface area (Å²) in [5.74, 6) is 0. The van der Waals surface area contributed by atoms with Crippen molar-refractivity contribution >= 4 is 22.6 Å². The van der Waals surface area contributed by atoms with E-state index in [0.717, 1.165) is 11.4 Å². The summed E-state index contributed by atoms with van der Waals surface area (Å²) in [5, 5.41) is 4.65. The number of halogens is 1. The van der Waals surface area contributed by atoms with Gasteiger partial charge in [0.25, 0.3) is 5.56 Å². The Bertz CT molecular complexity index is 685. The van der Waals surface area contributed by atoms with Crippen LogP contribution in [-0.4, -0.2) is 19.3 Å². The highest BCUT2D eigenvalue weighted by Gasteiger charge is 2.16. The summed E-state index contributed by atoms with van der Waals surface area (Å²) < 4.78 is 4.39. The van der Waals surface area contributed by atoms with Crippen LogP contribution in [0.3, 0.4) is 0 Å². The van der Waals surface area contributed by atoms with Gasteiger partial charge in [0.15, 0.2) is 0 Å². The highest BCUT2D eigenvalue weighted by atomic mass is 127. The Hall–Kier alpha value is -1.18. The topological polar surface area (TPSA) is 52.7 Å². The van der Waals surface area contributed by atoms with E-state index >= 15 is 0 Å². The fraction of sp³-hybridized carbons (Fsp3) is 0.533. The quantitative estimate of drug-likeness (QED) is 0.748. The Kier molecular flexibility index (Phi) is 4.42. The lowest BCUT2D eigenvalue weighted by molar-refractivity contribution is 0.328. The van der Waals surface area contributed by atoms with Crippen molar-refractivity contribution in [2.45, 2.75) is 51.6 Å². The van der Waals surface area contributed by atoms with E-state index in [2.05, 4.69) is 37.4 Å². The van der Waals surface area contributed by atoms with Gasteiger partial charge in [0.2, 0.25) is 0 Å². The van der Waals surface area contributed by atoms with Crippen molar-refractivity contribution in [1.82, 2.24) is 19.3 Å². The molecule has 0 N–H and O–H groups in total. The van der Waals surface area contributed by atoms with Gasteiger partial charge in [-0.2, -0.15) is 5.10 Å². The van der Waals surface area contributed by atoms with E-state index in [1.54, 1.807) is 10.9 Å². The third-order valence-corrected chi connectivity index (χ3v) is 5.34. The fourth-order valence-electron chi connectivity index (χ4n) is 2.84. The van der Waals surface area contributed by atoms with E-state index in [-0.39, 0.29) is 5.56 Å². The fourth-order valence-corrected chi connectivity index (χ4v) is 3.29. The molecule has 0 bridgehead atoms. The van der Waals surface area contributed by atoms with Gasteiger partial charge >= 0.3 is 0 Å². The van der Waals surface area contributed by atoms with Gasteiger partial charge in [-0.3, -0.25) is 14.0 Å². The first kappa shape index (κ1) is 14.7. The predicted octanol–water partition coefficient (Wildman–Crippen LogP) is 2.91. The van der Waals surface area contributed by atoms with E-state index in [1.165, 1.54) is 32.1 Å². The monoisotopic (exact) mass is 398 g/mol. The van der Waals surface area contributed by atoms with Gasteiger partial charge in [0.1, 0.15) is 0 Å². The average molecular weight is 398 g/mol. The SMILES string of the molecule is Cc1ncn(Cc2ccn(C3CCCCC3)n2)c(=O)c1I. The summed E-state index contributed by atoms with van der Waals surface area (Å²) in [5.41, 5.74) is 1.71. The van der Waals surface area contributed by atoms with Gasteiger partial charge in [-0.05, 0) is 48.4 Å². The van der Waals surface area contributed by atoms with Gasteiger partial charge in [0.05, 0.1) is 33.9 Å². The molecule has 112 valence electrons. The lowest BCUT2D eigenvalue weighted by Crippen LogP contribution is -2.25. The van der Waals surface area contributed by atoms with E-state index < -0.39 is 0 Å². The first-order chi connectivity index (χ1) is 10.1. The highest BCUT2D eigenvalue weighted by Crippen LogP contribution is 2.27. The highest BCUT2D eigenvalue weighted by molar-refractivity contribution is 14.1. The number of aromatic nitrogens is 4. The van der Waals surface area contributed by atoms with Gasteiger partial charge in [-0.25, -0.2) is 4.98 Å². The van der Waals surface area contributed by atoms with E-state index in [1.807, 2.05) is 19.2 Å². The van der Waals surface area contributed by atoms with Crippen molar-refractivity contribution in [3.8, 4) is 0 Å². The normalized spacial score (nSPS) is 16.3. The first-order valence-electron chi connectivity index (χ1n) is 7.41. The Balaban J connectivity index is 1.78. The van der Waals surface area contributed by atoms with Gasteiger partial charge in [-0.1, -0.05) is 19.3 Å².